The number of anilines is 1. The Bertz CT molecular complexity index is 841. The number of benzene rings is 2. The second kappa shape index (κ2) is 6.95. The third kappa shape index (κ3) is 3.27. The van der Waals surface area contributed by atoms with Crippen molar-refractivity contribution in [1.29, 1.82) is 0 Å². The Kier molecular flexibility index (Phi) is 4.56. The quantitative estimate of drug-likeness (QED) is 0.777. The van der Waals surface area contributed by atoms with E-state index in [1.165, 1.54) is 0 Å². The highest BCUT2D eigenvalue weighted by molar-refractivity contribution is 6.05. The minimum atomic E-state index is -0.214. The number of hydrogen-bond acceptors (Lipinski definition) is 5. The van der Waals surface area contributed by atoms with E-state index in [1.54, 1.807) is 43.5 Å². The number of ether oxygens (including phenoxy) is 1. The first kappa shape index (κ1) is 15.7. The standard InChI is InChI=1S/C18H17N3O3/c1-3-16-20-17(21-24-16)12-8-10-13(11-9-12)18(22)19-14-6-4-5-7-15(14)23-2/h4-11H,3H2,1-2H3,(H,19,22). The van der Waals surface area contributed by atoms with Gasteiger partial charge in [0.2, 0.25) is 11.7 Å². The predicted molar refractivity (Wildman–Crippen MR) is 90.1 cm³/mol. The first-order valence-electron chi connectivity index (χ1n) is 7.58. The summed E-state index contributed by atoms with van der Waals surface area (Å²) in [5.41, 5.74) is 1.95. The maximum absolute atomic E-state index is 12.4. The zero-order valence-electron chi connectivity index (χ0n) is 13.4. The maximum Gasteiger partial charge on any atom is 0.255 e. The number of carbonyl (C=O) groups is 1. The summed E-state index contributed by atoms with van der Waals surface area (Å²) in [6.07, 6.45) is 0.687. The molecule has 1 aromatic heterocycles. The summed E-state index contributed by atoms with van der Waals surface area (Å²) in [6.45, 7) is 1.95. The van der Waals surface area contributed by atoms with Crippen LogP contribution in [0.15, 0.2) is 53.1 Å². The fraction of sp³-hybridized carbons (Fsp3) is 0.167. The minimum absolute atomic E-state index is 0.214. The van der Waals surface area contributed by atoms with Gasteiger partial charge in [0.05, 0.1) is 12.8 Å². The highest BCUT2D eigenvalue weighted by atomic mass is 16.5. The van der Waals surface area contributed by atoms with Gasteiger partial charge in [0.15, 0.2) is 0 Å². The molecule has 122 valence electrons. The second-order valence-corrected chi connectivity index (χ2v) is 5.10. The number of rotatable bonds is 5. The summed E-state index contributed by atoms with van der Waals surface area (Å²) in [7, 11) is 1.56. The van der Waals surface area contributed by atoms with Crippen LogP contribution in [0.4, 0.5) is 5.69 Å². The van der Waals surface area contributed by atoms with E-state index in [-0.39, 0.29) is 5.91 Å². The fourth-order valence-electron chi connectivity index (χ4n) is 2.23. The molecule has 0 aliphatic carbocycles. The van der Waals surface area contributed by atoms with Gasteiger partial charge in [-0.2, -0.15) is 4.98 Å². The van der Waals surface area contributed by atoms with E-state index in [9.17, 15) is 4.79 Å². The van der Waals surface area contributed by atoms with E-state index in [1.807, 2.05) is 19.1 Å². The highest BCUT2D eigenvalue weighted by Gasteiger charge is 2.11. The zero-order valence-corrected chi connectivity index (χ0v) is 13.4. The van der Waals surface area contributed by atoms with Gasteiger partial charge in [0.25, 0.3) is 5.91 Å². The molecular formula is C18H17N3O3. The van der Waals surface area contributed by atoms with Crippen LogP contribution in [0.2, 0.25) is 0 Å². The lowest BCUT2D eigenvalue weighted by molar-refractivity contribution is 0.102. The van der Waals surface area contributed by atoms with Crippen molar-refractivity contribution >= 4 is 11.6 Å². The predicted octanol–water partition coefficient (Wildman–Crippen LogP) is 3.56. The van der Waals surface area contributed by atoms with Crippen molar-refractivity contribution in [2.24, 2.45) is 0 Å². The summed E-state index contributed by atoms with van der Waals surface area (Å²) in [5, 5.41) is 6.76. The smallest absolute Gasteiger partial charge is 0.255 e. The number of amides is 1. The molecule has 0 atom stereocenters. The van der Waals surface area contributed by atoms with Crippen molar-refractivity contribution in [3.8, 4) is 17.1 Å². The van der Waals surface area contributed by atoms with Crippen molar-refractivity contribution < 1.29 is 14.1 Å². The van der Waals surface area contributed by atoms with E-state index < -0.39 is 0 Å². The Hall–Kier alpha value is -3.15. The van der Waals surface area contributed by atoms with Gasteiger partial charge in [-0.1, -0.05) is 36.3 Å². The number of methoxy groups -OCH3 is 1. The van der Waals surface area contributed by atoms with Crippen LogP contribution in [-0.2, 0) is 6.42 Å². The molecule has 0 saturated carbocycles. The van der Waals surface area contributed by atoms with Crippen molar-refractivity contribution in [2.45, 2.75) is 13.3 Å². The average molecular weight is 323 g/mol. The van der Waals surface area contributed by atoms with Crippen LogP contribution in [0.1, 0.15) is 23.2 Å². The molecular weight excluding hydrogens is 306 g/mol. The number of nitrogens with one attached hydrogen (secondary N) is 1. The van der Waals surface area contributed by atoms with Crippen LogP contribution in [0.3, 0.4) is 0 Å². The van der Waals surface area contributed by atoms with Crippen molar-refractivity contribution in [3.05, 3.63) is 60.0 Å². The molecule has 6 nitrogen and oxygen atoms in total. The lowest BCUT2D eigenvalue weighted by Gasteiger charge is -2.09. The Balaban J connectivity index is 1.76. The Morgan fingerprint density at radius 2 is 1.92 bits per heavy atom. The van der Waals surface area contributed by atoms with Crippen LogP contribution >= 0.6 is 0 Å². The highest BCUT2D eigenvalue weighted by Crippen LogP contribution is 2.24. The van der Waals surface area contributed by atoms with Crippen LogP contribution in [0.25, 0.3) is 11.4 Å². The van der Waals surface area contributed by atoms with Crippen LogP contribution in [0.5, 0.6) is 5.75 Å². The Labute approximate surface area is 139 Å². The van der Waals surface area contributed by atoms with Crippen LogP contribution < -0.4 is 10.1 Å². The van der Waals surface area contributed by atoms with Gasteiger partial charge in [0, 0.05) is 17.5 Å². The topological polar surface area (TPSA) is 77.2 Å². The van der Waals surface area contributed by atoms with Gasteiger partial charge in [-0.05, 0) is 24.3 Å². The number of nitrogens with zero attached hydrogens (tertiary/aromatic N) is 2. The van der Waals surface area contributed by atoms with Crippen molar-refractivity contribution in [1.82, 2.24) is 10.1 Å². The van der Waals surface area contributed by atoms with Gasteiger partial charge in [-0.25, -0.2) is 0 Å². The monoisotopic (exact) mass is 323 g/mol. The largest absolute Gasteiger partial charge is 0.495 e. The van der Waals surface area contributed by atoms with Crippen molar-refractivity contribution in [3.63, 3.8) is 0 Å². The van der Waals surface area contributed by atoms with Crippen LogP contribution in [-0.4, -0.2) is 23.2 Å². The average Bonchev–Trinajstić information content (AvgIpc) is 3.11. The van der Waals surface area contributed by atoms with Crippen molar-refractivity contribution in [2.75, 3.05) is 12.4 Å². The number of carbonyl (C=O) groups excluding carboxylic acids is 1. The second-order valence-electron chi connectivity index (χ2n) is 5.10. The molecule has 0 aliphatic heterocycles. The molecule has 0 bridgehead atoms. The maximum atomic E-state index is 12.4. The number of aromatic nitrogens is 2. The first-order chi connectivity index (χ1) is 11.7. The first-order valence-corrected chi connectivity index (χ1v) is 7.58. The lowest BCUT2D eigenvalue weighted by atomic mass is 10.1. The van der Waals surface area contributed by atoms with Gasteiger partial charge < -0.3 is 14.6 Å². The molecule has 1 amide bonds. The number of para-hydroxylation sites is 2. The molecule has 3 aromatic rings. The van der Waals surface area contributed by atoms with E-state index >= 15 is 0 Å². The molecule has 3 rings (SSSR count). The normalized spacial score (nSPS) is 10.4. The van der Waals surface area contributed by atoms with E-state index in [4.69, 9.17) is 9.26 Å². The molecule has 6 heteroatoms. The van der Waals surface area contributed by atoms with Crippen LogP contribution in [0, 0.1) is 0 Å². The summed E-state index contributed by atoms with van der Waals surface area (Å²) in [5.74, 6) is 1.50. The molecule has 0 spiro atoms. The van der Waals surface area contributed by atoms with E-state index in [0.717, 1.165) is 5.56 Å². The molecule has 0 fully saturated rings. The molecule has 2 aromatic carbocycles. The third-order valence-electron chi connectivity index (χ3n) is 3.53. The molecule has 1 N–H and O–H groups in total. The molecule has 1 heterocycles. The zero-order chi connectivity index (χ0) is 16.9. The third-order valence-corrected chi connectivity index (χ3v) is 3.53. The van der Waals surface area contributed by atoms with Gasteiger partial charge >= 0.3 is 0 Å². The van der Waals surface area contributed by atoms with E-state index in [2.05, 4.69) is 15.5 Å². The van der Waals surface area contributed by atoms with Gasteiger partial charge in [0.1, 0.15) is 5.75 Å². The molecule has 0 saturated heterocycles. The van der Waals surface area contributed by atoms with Gasteiger partial charge in [-0.3, -0.25) is 4.79 Å². The Morgan fingerprint density at radius 1 is 1.17 bits per heavy atom. The van der Waals surface area contributed by atoms with E-state index in [0.29, 0.717) is 35.1 Å². The fourth-order valence-corrected chi connectivity index (χ4v) is 2.23. The molecule has 24 heavy (non-hydrogen) atoms. The van der Waals surface area contributed by atoms with Gasteiger partial charge in [-0.15, -0.1) is 0 Å². The summed E-state index contributed by atoms with van der Waals surface area (Å²) in [6, 6.07) is 14.3. The SMILES string of the molecule is CCc1nc(-c2ccc(C(=O)Nc3ccccc3OC)cc2)no1. The summed E-state index contributed by atoms with van der Waals surface area (Å²) in [4.78, 5) is 16.6. The molecule has 0 aliphatic rings. The summed E-state index contributed by atoms with van der Waals surface area (Å²) >= 11 is 0. The number of aryl methyl sites for hydroxylation is 1. The minimum Gasteiger partial charge on any atom is -0.495 e. The molecule has 0 radical (unpaired) electrons. The number of hydrogen-bond donors (Lipinski definition) is 1. The Morgan fingerprint density at radius 3 is 2.58 bits per heavy atom. The molecule has 0 unspecified atom stereocenters. The lowest BCUT2D eigenvalue weighted by Crippen LogP contribution is -2.12. The summed E-state index contributed by atoms with van der Waals surface area (Å²) < 4.78 is 10.3.